The van der Waals surface area contributed by atoms with Crippen molar-refractivity contribution in [2.24, 2.45) is 0 Å². The number of nitrogens with one attached hydrogen (secondary N) is 1. The summed E-state index contributed by atoms with van der Waals surface area (Å²) in [6, 6.07) is 17.1. The molecular formula is C19H22N2O. The van der Waals surface area contributed by atoms with Gasteiger partial charge >= 0.3 is 0 Å². The Morgan fingerprint density at radius 2 is 1.91 bits per heavy atom. The van der Waals surface area contributed by atoms with E-state index < -0.39 is 0 Å². The molecule has 1 aliphatic rings. The van der Waals surface area contributed by atoms with Crippen LogP contribution in [-0.2, 0) is 13.0 Å². The van der Waals surface area contributed by atoms with Gasteiger partial charge in [0, 0.05) is 25.2 Å². The van der Waals surface area contributed by atoms with Gasteiger partial charge in [-0.3, -0.25) is 9.69 Å². The molecule has 2 aromatic rings. The Labute approximate surface area is 132 Å². The van der Waals surface area contributed by atoms with E-state index >= 15 is 0 Å². The predicted octanol–water partition coefficient (Wildman–Crippen LogP) is 3.17. The summed E-state index contributed by atoms with van der Waals surface area (Å²) in [7, 11) is 3.83. The van der Waals surface area contributed by atoms with Crippen LogP contribution in [0.4, 0.5) is 0 Å². The highest BCUT2D eigenvalue weighted by atomic mass is 16.1. The molecule has 1 atom stereocenters. The second-order valence-corrected chi connectivity index (χ2v) is 5.94. The lowest BCUT2D eigenvalue weighted by Crippen LogP contribution is -2.22. The van der Waals surface area contributed by atoms with Crippen LogP contribution in [0, 0.1) is 0 Å². The fourth-order valence-electron chi connectivity index (χ4n) is 3.30. The zero-order chi connectivity index (χ0) is 15.5. The lowest BCUT2D eigenvalue weighted by atomic mass is 10.1. The summed E-state index contributed by atoms with van der Waals surface area (Å²) in [5, 5.41) is 2.65. The van der Waals surface area contributed by atoms with Crippen LogP contribution < -0.4 is 5.32 Å². The van der Waals surface area contributed by atoms with E-state index in [2.05, 4.69) is 41.5 Å². The SMILES string of the molecule is CNC(=O)c1ccc(CN(C)[C@@H]2CCc3ccccc32)cc1. The van der Waals surface area contributed by atoms with Crippen LogP contribution in [0.2, 0.25) is 0 Å². The van der Waals surface area contributed by atoms with Crippen LogP contribution in [0.1, 0.15) is 39.5 Å². The molecule has 0 aliphatic heterocycles. The normalized spacial score (nSPS) is 16.6. The minimum Gasteiger partial charge on any atom is -0.355 e. The molecule has 3 heteroatoms. The molecule has 0 fully saturated rings. The van der Waals surface area contributed by atoms with E-state index in [0.29, 0.717) is 11.6 Å². The van der Waals surface area contributed by atoms with E-state index in [1.165, 1.54) is 29.5 Å². The van der Waals surface area contributed by atoms with Crippen molar-refractivity contribution in [2.45, 2.75) is 25.4 Å². The lowest BCUT2D eigenvalue weighted by molar-refractivity contribution is 0.0963. The Hall–Kier alpha value is -2.13. The van der Waals surface area contributed by atoms with E-state index in [-0.39, 0.29) is 5.91 Å². The molecule has 0 unspecified atom stereocenters. The van der Waals surface area contributed by atoms with E-state index in [4.69, 9.17) is 0 Å². The van der Waals surface area contributed by atoms with E-state index in [9.17, 15) is 4.79 Å². The van der Waals surface area contributed by atoms with Crippen LogP contribution in [-0.4, -0.2) is 24.9 Å². The van der Waals surface area contributed by atoms with Gasteiger partial charge in [-0.1, -0.05) is 36.4 Å². The van der Waals surface area contributed by atoms with Gasteiger partial charge in [-0.2, -0.15) is 0 Å². The second-order valence-electron chi connectivity index (χ2n) is 5.94. The summed E-state index contributed by atoms with van der Waals surface area (Å²) >= 11 is 0. The fraction of sp³-hybridized carbons (Fsp3) is 0.316. The third-order valence-electron chi connectivity index (χ3n) is 4.51. The average molecular weight is 294 g/mol. The van der Waals surface area contributed by atoms with Crippen molar-refractivity contribution in [1.82, 2.24) is 10.2 Å². The minimum absolute atomic E-state index is 0.0374. The van der Waals surface area contributed by atoms with Gasteiger partial charge in [0.05, 0.1) is 0 Å². The average Bonchev–Trinajstić information content (AvgIpc) is 2.99. The maximum absolute atomic E-state index is 11.6. The van der Waals surface area contributed by atoms with Crippen molar-refractivity contribution < 1.29 is 4.79 Å². The van der Waals surface area contributed by atoms with Crippen LogP contribution in [0.25, 0.3) is 0 Å². The van der Waals surface area contributed by atoms with Crippen LogP contribution in [0.3, 0.4) is 0 Å². The van der Waals surface area contributed by atoms with Gasteiger partial charge in [-0.25, -0.2) is 0 Å². The van der Waals surface area contributed by atoms with Crippen LogP contribution in [0.5, 0.6) is 0 Å². The van der Waals surface area contributed by atoms with Gasteiger partial charge < -0.3 is 5.32 Å². The van der Waals surface area contributed by atoms with Crippen LogP contribution >= 0.6 is 0 Å². The Morgan fingerprint density at radius 1 is 1.18 bits per heavy atom. The molecule has 114 valence electrons. The zero-order valence-corrected chi connectivity index (χ0v) is 13.2. The van der Waals surface area contributed by atoms with Gasteiger partial charge in [0.25, 0.3) is 5.91 Å². The molecule has 0 heterocycles. The predicted molar refractivity (Wildman–Crippen MR) is 88.8 cm³/mol. The number of nitrogens with zero attached hydrogens (tertiary/aromatic N) is 1. The Balaban J connectivity index is 1.70. The standard InChI is InChI=1S/C19H22N2O/c1-20-19(22)16-9-7-14(8-10-16)13-21(2)18-12-11-15-5-3-4-6-17(15)18/h3-10,18H,11-13H2,1-2H3,(H,20,22)/t18-/m1/s1. The summed E-state index contributed by atoms with van der Waals surface area (Å²) in [6.45, 7) is 0.896. The summed E-state index contributed by atoms with van der Waals surface area (Å²) in [5.74, 6) is -0.0374. The third-order valence-corrected chi connectivity index (χ3v) is 4.51. The summed E-state index contributed by atoms with van der Waals surface area (Å²) < 4.78 is 0. The number of aryl methyl sites for hydroxylation is 1. The van der Waals surface area contributed by atoms with Gasteiger partial charge in [0.15, 0.2) is 0 Å². The zero-order valence-electron chi connectivity index (χ0n) is 13.2. The number of carbonyl (C=O) groups excluding carboxylic acids is 1. The maximum Gasteiger partial charge on any atom is 0.251 e. The quantitative estimate of drug-likeness (QED) is 0.939. The van der Waals surface area contributed by atoms with Crippen molar-refractivity contribution in [3.8, 4) is 0 Å². The van der Waals surface area contributed by atoms with E-state index in [1.54, 1.807) is 7.05 Å². The van der Waals surface area contributed by atoms with Crippen molar-refractivity contribution in [3.63, 3.8) is 0 Å². The minimum atomic E-state index is -0.0374. The number of hydrogen-bond acceptors (Lipinski definition) is 2. The van der Waals surface area contributed by atoms with Crippen molar-refractivity contribution in [2.75, 3.05) is 14.1 Å². The van der Waals surface area contributed by atoms with Crippen molar-refractivity contribution in [1.29, 1.82) is 0 Å². The van der Waals surface area contributed by atoms with Gasteiger partial charge in [-0.05, 0) is 48.7 Å². The van der Waals surface area contributed by atoms with Crippen molar-refractivity contribution in [3.05, 3.63) is 70.8 Å². The first-order valence-electron chi connectivity index (χ1n) is 7.78. The maximum atomic E-state index is 11.6. The molecule has 0 spiro atoms. The Kier molecular flexibility index (Phi) is 4.25. The molecule has 0 saturated heterocycles. The topological polar surface area (TPSA) is 32.3 Å². The molecule has 0 aromatic heterocycles. The first-order chi connectivity index (χ1) is 10.7. The number of rotatable bonds is 4. The first kappa shape index (κ1) is 14.8. The Morgan fingerprint density at radius 3 is 2.64 bits per heavy atom. The molecule has 0 saturated carbocycles. The van der Waals surface area contributed by atoms with Gasteiger partial charge in [0.2, 0.25) is 0 Å². The third kappa shape index (κ3) is 2.90. The summed E-state index contributed by atoms with van der Waals surface area (Å²) in [4.78, 5) is 14.0. The number of hydrogen-bond donors (Lipinski definition) is 1. The van der Waals surface area contributed by atoms with E-state index in [0.717, 1.165) is 6.54 Å². The molecule has 3 nitrogen and oxygen atoms in total. The molecule has 1 aliphatic carbocycles. The second kappa shape index (κ2) is 6.32. The largest absolute Gasteiger partial charge is 0.355 e. The Bertz CT molecular complexity index is 663. The smallest absolute Gasteiger partial charge is 0.251 e. The highest BCUT2D eigenvalue weighted by Crippen LogP contribution is 2.35. The molecule has 0 bridgehead atoms. The lowest BCUT2D eigenvalue weighted by Gasteiger charge is -2.25. The van der Waals surface area contributed by atoms with E-state index in [1.807, 2.05) is 24.3 Å². The number of amides is 1. The highest BCUT2D eigenvalue weighted by Gasteiger charge is 2.25. The molecule has 3 rings (SSSR count). The summed E-state index contributed by atoms with van der Waals surface area (Å²) in [6.07, 6.45) is 2.35. The van der Waals surface area contributed by atoms with Crippen LogP contribution in [0.15, 0.2) is 48.5 Å². The first-order valence-corrected chi connectivity index (χ1v) is 7.78. The highest BCUT2D eigenvalue weighted by molar-refractivity contribution is 5.93. The molecule has 0 radical (unpaired) electrons. The number of fused-ring (bicyclic) bond motifs is 1. The molecular weight excluding hydrogens is 272 g/mol. The van der Waals surface area contributed by atoms with Crippen molar-refractivity contribution >= 4 is 5.91 Å². The molecule has 22 heavy (non-hydrogen) atoms. The molecule has 1 N–H and O–H groups in total. The fourth-order valence-corrected chi connectivity index (χ4v) is 3.30. The number of benzene rings is 2. The molecule has 2 aromatic carbocycles. The van der Waals surface area contributed by atoms with Gasteiger partial charge in [-0.15, -0.1) is 0 Å². The monoisotopic (exact) mass is 294 g/mol. The molecule has 1 amide bonds. The summed E-state index contributed by atoms with van der Waals surface area (Å²) in [5.41, 5.74) is 4.89. The van der Waals surface area contributed by atoms with Gasteiger partial charge in [0.1, 0.15) is 0 Å². The number of carbonyl (C=O) groups is 1.